The molecule has 33 heavy (non-hydrogen) atoms. The van der Waals surface area contributed by atoms with Gasteiger partial charge in [0.15, 0.2) is 0 Å². The minimum atomic E-state index is -0.195. The van der Waals surface area contributed by atoms with E-state index in [0.717, 1.165) is 66.7 Å². The second-order valence-electron chi connectivity index (χ2n) is 9.04. The summed E-state index contributed by atoms with van der Waals surface area (Å²) in [5.41, 5.74) is 15.1. The molecule has 3 aromatic carbocycles. The molecule has 1 unspecified atom stereocenters. The van der Waals surface area contributed by atoms with Crippen LogP contribution in [0.3, 0.4) is 0 Å². The van der Waals surface area contributed by atoms with Crippen LogP contribution in [0.2, 0.25) is 0 Å². The summed E-state index contributed by atoms with van der Waals surface area (Å²) >= 11 is 0. The second kappa shape index (κ2) is 10.2. The van der Waals surface area contributed by atoms with E-state index in [-0.39, 0.29) is 11.9 Å². The van der Waals surface area contributed by atoms with E-state index in [1.54, 1.807) is 12.1 Å². The third-order valence-corrected chi connectivity index (χ3v) is 6.60. The summed E-state index contributed by atoms with van der Waals surface area (Å²) < 4.78 is 20.1. The van der Waals surface area contributed by atoms with Crippen LogP contribution in [0.4, 0.5) is 10.1 Å². The lowest BCUT2D eigenvalue weighted by Crippen LogP contribution is -2.14. The van der Waals surface area contributed by atoms with E-state index in [9.17, 15) is 4.39 Å². The number of anilines is 1. The van der Waals surface area contributed by atoms with E-state index in [0.29, 0.717) is 0 Å². The number of ether oxygens (including phenoxy) is 1. The van der Waals surface area contributed by atoms with E-state index in [2.05, 4.69) is 50.2 Å². The van der Waals surface area contributed by atoms with Crippen molar-refractivity contribution in [1.82, 2.24) is 0 Å². The maximum absolute atomic E-state index is 13.9. The van der Waals surface area contributed by atoms with Crippen molar-refractivity contribution in [3.05, 3.63) is 94.3 Å². The highest BCUT2D eigenvalue weighted by Crippen LogP contribution is 2.41. The molecule has 0 aliphatic heterocycles. The molecule has 1 aliphatic rings. The van der Waals surface area contributed by atoms with Gasteiger partial charge in [0.05, 0.1) is 6.10 Å². The van der Waals surface area contributed by atoms with Gasteiger partial charge in [0.2, 0.25) is 0 Å². The maximum atomic E-state index is 13.9. The molecule has 0 bridgehead atoms. The quantitative estimate of drug-likeness (QED) is 0.376. The average Bonchev–Trinajstić information content (AvgIpc) is 2.98. The maximum Gasteiger partial charge on any atom is 0.123 e. The van der Waals surface area contributed by atoms with Crippen LogP contribution in [-0.2, 0) is 6.42 Å². The summed E-state index contributed by atoms with van der Waals surface area (Å²) in [4.78, 5) is 0. The van der Waals surface area contributed by atoms with Gasteiger partial charge in [0.25, 0.3) is 0 Å². The number of hydrogen-bond donors (Lipinski definition) is 1. The molecule has 0 saturated carbocycles. The fourth-order valence-corrected chi connectivity index (χ4v) is 4.93. The van der Waals surface area contributed by atoms with Crippen LogP contribution < -0.4 is 10.5 Å². The van der Waals surface area contributed by atoms with Crippen molar-refractivity contribution in [2.45, 2.75) is 65.4 Å². The molecular formula is C30H34FNO. The number of halogens is 1. The molecule has 2 nitrogen and oxygen atoms in total. The van der Waals surface area contributed by atoms with Gasteiger partial charge in [-0.15, -0.1) is 0 Å². The number of allylic oxidation sites excluding steroid dienone is 1. The fourth-order valence-electron chi connectivity index (χ4n) is 4.93. The second-order valence-corrected chi connectivity index (χ2v) is 9.04. The highest BCUT2D eigenvalue weighted by molar-refractivity contribution is 6.00. The van der Waals surface area contributed by atoms with E-state index in [1.807, 2.05) is 19.1 Å². The van der Waals surface area contributed by atoms with Crippen LogP contribution in [-0.4, -0.2) is 6.10 Å². The number of rotatable bonds is 7. The lowest BCUT2D eigenvalue weighted by molar-refractivity contribution is 0.186. The monoisotopic (exact) mass is 443 g/mol. The summed E-state index contributed by atoms with van der Waals surface area (Å²) in [6, 6.07) is 19.8. The third-order valence-electron chi connectivity index (χ3n) is 6.60. The van der Waals surface area contributed by atoms with E-state index in [4.69, 9.17) is 10.5 Å². The zero-order valence-corrected chi connectivity index (χ0v) is 20.0. The zero-order chi connectivity index (χ0) is 23.4. The van der Waals surface area contributed by atoms with Gasteiger partial charge in [-0.25, -0.2) is 4.39 Å². The number of aryl methyl sites for hydroxylation is 2. The first-order valence-corrected chi connectivity index (χ1v) is 12.2. The van der Waals surface area contributed by atoms with Crippen molar-refractivity contribution in [2.24, 2.45) is 0 Å². The molecule has 2 N–H and O–H groups in total. The number of fused-ring (bicyclic) bond motifs is 1. The number of nitrogens with two attached hydrogens (primary N) is 1. The standard InChI is InChI=1S/C30H34FNO/c1-4-7-25(5-2)33-26-14-10-21(11-15-26)30-28-17-13-24(32)19-22(28)8-6-9-29(30)27-16-12-23(31)18-20(27)3/h10-19,25H,4-9,32H2,1-3H3. The van der Waals surface area contributed by atoms with Crippen molar-refractivity contribution < 1.29 is 9.13 Å². The minimum Gasteiger partial charge on any atom is -0.490 e. The Hall–Kier alpha value is -3.07. The summed E-state index contributed by atoms with van der Waals surface area (Å²) in [7, 11) is 0. The van der Waals surface area contributed by atoms with Crippen LogP contribution in [0, 0.1) is 12.7 Å². The summed E-state index contributed by atoms with van der Waals surface area (Å²) in [6.07, 6.45) is 6.37. The lowest BCUT2D eigenvalue weighted by Gasteiger charge is -2.20. The van der Waals surface area contributed by atoms with Crippen LogP contribution >= 0.6 is 0 Å². The highest BCUT2D eigenvalue weighted by Gasteiger charge is 2.21. The van der Waals surface area contributed by atoms with Crippen molar-refractivity contribution in [2.75, 3.05) is 5.73 Å². The number of nitrogen functional groups attached to an aromatic ring is 1. The summed E-state index contributed by atoms with van der Waals surface area (Å²) in [5.74, 6) is 0.713. The zero-order valence-electron chi connectivity index (χ0n) is 20.0. The van der Waals surface area contributed by atoms with E-state index >= 15 is 0 Å². The molecule has 3 heteroatoms. The van der Waals surface area contributed by atoms with Crippen LogP contribution in [0.15, 0.2) is 60.7 Å². The van der Waals surface area contributed by atoms with Gasteiger partial charge < -0.3 is 10.5 Å². The largest absolute Gasteiger partial charge is 0.490 e. The summed E-state index contributed by atoms with van der Waals surface area (Å²) in [5, 5.41) is 0. The Bertz CT molecular complexity index is 1150. The SMILES string of the molecule is CCCC(CC)Oc1ccc(C2=C(c3ccc(F)cc3C)CCCc3cc(N)ccc32)cc1. The first-order chi connectivity index (χ1) is 16.0. The molecule has 0 amide bonds. The van der Waals surface area contributed by atoms with Crippen LogP contribution in [0.5, 0.6) is 5.75 Å². The molecule has 1 atom stereocenters. The molecule has 172 valence electrons. The Morgan fingerprint density at radius 3 is 2.39 bits per heavy atom. The lowest BCUT2D eigenvalue weighted by atomic mass is 9.86. The molecule has 0 aromatic heterocycles. The van der Waals surface area contributed by atoms with Gasteiger partial charge in [-0.3, -0.25) is 0 Å². The molecule has 0 heterocycles. The van der Waals surface area contributed by atoms with Gasteiger partial charge in [0, 0.05) is 5.69 Å². The Balaban J connectivity index is 1.84. The Morgan fingerprint density at radius 2 is 1.70 bits per heavy atom. The molecule has 4 rings (SSSR count). The fraction of sp³-hybridized carbons (Fsp3) is 0.333. The molecule has 1 aliphatic carbocycles. The topological polar surface area (TPSA) is 35.2 Å². The van der Waals surface area contributed by atoms with E-state index in [1.165, 1.54) is 22.3 Å². The first kappa shape index (κ1) is 23.1. The smallest absolute Gasteiger partial charge is 0.123 e. The van der Waals surface area contributed by atoms with Crippen molar-refractivity contribution >= 4 is 16.8 Å². The van der Waals surface area contributed by atoms with Gasteiger partial charge in [-0.2, -0.15) is 0 Å². The van der Waals surface area contributed by atoms with Crippen molar-refractivity contribution in [3.8, 4) is 5.75 Å². The number of benzene rings is 3. The third kappa shape index (κ3) is 5.13. The molecule has 3 aromatic rings. The van der Waals surface area contributed by atoms with Crippen molar-refractivity contribution in [1.29, 1.82) is 0 Å². The highest BCUT2D eigenvalue weighted by atomic mass is 19.1. The molecular weight excluding hydrogens is 409 g/mol. The average molecular weight is 444 g/mol. The van der Waals surface area contributed by atoms with Crippen molar-refractivity contribution in [3.63, 3.8) is 0 Å². The Kier molecular flexibility index (Phi) is 7.17. The van der Waals surface area contributed by atoms with E-state index < -0.39 is 0 Å². The predicted octanol–water partition coefficient (Wildman–Crippen LogP) is 7.97. The van der Waals surface area contributed by atoms with Gasteiger partial charge in [-0.1, -0.05) is 44.5 Å². The Morgan fingerprint density at radius 1 is 0.939 bits per heavy atom. The summed E-state index contributed by atoms with van der Waals surface area (Å²) in [6.45, 7) is 6.36. The van der Waals surface area contributed by atoms with Gasteiger partial charge in [-0.05, 0) is 114 Å². The number of hydrogen-bond acceptors (Lipinski definition) is 2. The molecule has 0 fully saturated rings. The molecule has 0 spiro atoms. The van der Waals surface area contributed by atoms with Crippen LogP contribution in [0.25, 0.3) is 11.1 Å². The Labute approximate surface area is 197 Å². The van der Waals surface area contributed by atoms with Gasteiger partial charge in [0.1, 0.15) is 11.6 Å². The molecule has 0 radical (unpaired) electrons. The first-order valence-electron chi connectivity index (χ1n) is 12.2. The van der Waals surface area contributed by atoms with Gasteiger partial charge >= 0.3 is 0 Å². The normalized spacial score (nSPS) is 14.5. The minimum absolute atomic E-state index is 0.195. The predicted molar refractivity (Wildman–Crippen MR) is 137 cm³/mol. The van der Waals surface area contributed by atoms with Crippen LogP contribution in [0.1, 0.15) is 73.8 Å². The molecule has 0 saturated heterocycles.